The SMILES string of the molecule is CCN=c1ccc2nc3ccc(N(C)C)cc3sc-2c1.CCNc1ccc2nc3ccc(=NC)cc-3sc2c1.CCn1c2cc(=O)ccc-2nc2ccccc21.CN=c1ccc2nc3ccc(N)cc3sc-2c1.CN=c1ccc2nc3ccc(N)cc3sc-2c1.N=c1ccc2nc3ccc(N)cc3sc-2c1.O=c1c(Br)c2oc3ccccc3nc-2c2ccccc12.O=c1cc2[nH]c3ccccc3oc-2cc1=O. The summed E-state index contributed by atoms with van der Waals surface area (Å²) in [6, 6.07) is 97.6. The number of nitrogens with zero attached hydrogens (tertiary/aromatic N) is 13. The number of hydrogen-bond donors (Lipinski definition) is 6. The average Bonchev–Trinajstić information content (AvgIpc) is 0.744. The first-order valence-electron chi connectivity index (χ1n) is 45.1. The maximum absolute atomic E-state index is 12.3. The summed E-state index contributed by atoms with van der Waals surface area (Å²) in [5, 5.41) is 16.8. The highest BCUT2D eigenvalue weighted by Gasteiger charge is 2.22. The van der Waals surface area contributed by atoms with Crippen molar-refractivity contribution in [2.24, 2.45) is 20.0 Å². The van der Waals surface area contributed by atoms with Crippen molar-refractivity contribution >= 4 is 196 Å². The van der Waals surface area contributed by atoms with E-state index in [1.165, 1.54) is 37.0 Å². The average molecular weight is 2030 g/mol. The van der Waals surface area contributed by atoms with Gasteiger partial charge in [0.05, 0.1) is 164 Å². The molecule has 0 unspecified atom stereocenters. The molecule has 0 saturated heterocycles. The predicted molar refractivity (Wildman–Crippen MR) is 589 cm³/mol. The third-order valence-corrected chi connectivity index (χ3v) is 28.8. The van der Waals surface area contributed by atoms with E-state index in [0.717, 1.165) is 187 Å². The molecule has 8 aliphatic heterocycles. The van der Waals surface area contributed by atoms with Gasteiger partial charge in [-0.15, -0.1) is 56.7 Å². The van der Waals surface area contributed by atoms with E-state index < -0.39 is 10.9 Å². The number of aromatic amines is 1. The van der Waals surface area contributed by atoms with E-state index in [4.69, 9.17) is 41.4 Å². The van der Waals surface area contributed by atoms with Crippen molar-refractivity contribution in [3.05, 3.63) is 382 Å². The first kappa shape index (κ1) is 95.9. The Labute approximate surface area is 839 Å². The van der Waals surface area contributed by atoms with Gasteiger partial charge in [0.2, 0.25) is 16.3 Å². The topological polar surface area (TPSA) is 372 Å². The van der Waals surface area contributed by atoms with Crippen LogP contribution >= 0.6 is 72.6 Å². The molecule has 0 spiro atoms. The van der Waals surface area contributed by atoms with Gasteiger partial charge in [-0.1, -0.05) is 60.7 Å². The summed E-state index contributed by atoms with van der Waals surface area (Å²) in [5.41, 5.74) is 38.7. The lowest BCUT2D eigenvalue weighted by Crippen LogP contribution is -2.22. The van der Waals surface area contributed by atoms with Gasteiger partial charge in [0.1, 0.15) is 15.7 Å². The highest BCUT2D eigenvalue weighted by atomic mass is 79.9. The van der Waals surface area contributed by atoms with Crippen LogP contribution in [0.3, 0.4) is 0 Å². The molecule has 0 saturated carbocycles. The first-order valence-corrected chi connectivity index (χ1v) is 50.0. The molecule has 142 heavy (non-hydrogen) atoms. The summed E-state index contributed by atoms with van der Waals surface area (Å²) < 4.78 is 19.6. The zero-order valence-electron chi connectivity index (χ0n) is 78.0. The number of nitrogens with two attached hydrogens (primary N) is 3. The van der Waals surface area contributed by atoms with Crippen molar-refractivity contribution in [2.75, 3.05) is 75.7 Å². The molecule has 9 aromatic carbocycles. The molecule has 8 heterocycles. The van der Waals surface area contributed by atoms with Gasteiger partial charge in [-0.3, -0.25) is 39.1 Å². The molecule has 31 heteroatoms. The summed E-state index contributed by atoms with van der Waals surface area (Å²) in [7, 11) is 9.50. The fourth-order valence-corrected chi connectivity index (χ4v) is 21.4. The Bertz CT molecular complexity index is 9210. The van der Waals surface area contributed by atoms with Gasteiger partial charge >= 0.3 is 0 Å². The van der Waals surface area contributed by atoms with E-state index in [1.807, 2.05) is 201 Å². The zero-order valence-corrected chi connectivity index (χ0v) is 83.6. The molecule has 8 aliphatic carbocycles. The third-order valence-electron chi connectivity index (χ3n) is 22.6. The predicted octanol–water partition coefficient (Wildman–Crippen LogP) is 22.6. The minimum atomic E-state index is -0.556. The normalized spacial score (nSPS) is 11.8. The molecule has 0 amide bonds. The van der Waals surface area contributed by atoms with Crippen molar-refractivity contribution in [2.45, 2.75) is 27.3 Å². The molecule has 0 bridgehead atoms. The van der Waals surface area contributed by atoms with Crippen molar-refractivity contribution in [3.8, 4) is 87.2 Å². The fraction of sp³-hybridized carbons (Fsp3) is 0.0991. The summed E-state index contributed by atoms with van der Waals surface area (Å²) in [6.45, 7) is 8.78. The molecule has 0 aromatic heterocycles. The van der Waals surface area contributed by atoms with E-state index in [9.17, 15) is 19.2 Å². The number of fused-ring (bicyclic) bond motifs is 18. The van der Waals surface area contributed by atoms with E-state index >= 15 is 0 Å². The Hall–Kier alpha value is -16.4. The number of rotatable bonds is 5. The number of H-pyrrole nitrogens is 1. The summed E-state index contributed by atoms with van der Waals surface area (Å²) in [4.78, 5) is 106. The van der Waals surface area contributed by atoms with Crippen LogP contribution in [0.5, 0.6) is 0 Å². The number of halogens is 1. The molecule has 702 valence electrons. The molecule has 0 fully saturated rings. The van der Waals surface area contributed by atoms with Crippen LogP contribution in [0.1, 0.15) is 20.8 Å². The van der Waals surface area contributed by atoms with Crippen LogP contribution in [0.25, 0.3) is 182 Å². The van der Waals surface area contributed by atoms with E-state index in [0.29, 0.717) is 49.3 Å². The number of nitrogens with one attached hydrogen (secondary N) is 3. The van der Waals surface area contributed by atoms with Crippen LogP contribution < -0.4 is 75.9 Å². The highest BCUT2D eigenvalue weighted by Crippen LogP contribution is 2.39. The standard InChI is InChI=1S/C16H8BrNO2.C16H17N3S.C15H15N3S.C14H12N2O.2C13H11N3S.C12H9N3S.C12H7NO3/c17-13-15(19)10-6-2-1-5-9(10)14-16(13)20-12-8-4-3-7-11(12)18-14;1-4-17-11-5-7-13-15(9-11)20-16-10-12(19(2)3)6-8-14(16)18-13;1-3-17-11-5-7-13-15(9-11)19-14-8-10(16-2)4-6-12(14)18-13;1-2-16-13-6-4-3-5-11(13)15-12-8-7-10(17)9-14(12)16;2*1-15-9-3-5-11-13(7-9)17-12-6-8(14)2-4-10(12)16-11;13-7-1-3-9-11(5-7)16-12-6-8(14)2-4-10(12)15-9;14-9-5-8-12(6-10(9)15)16-11-4-2-1-3-7(11)13-8/h1-8H;5-10H,4H2,1-3H3;4-9,17H,3H2,1-2H3;3-9H,2H2,1H3;2*2-7H,14H2,1H3;1-6,13H,14H2;1-6,13H. The Kier molecular flexibility index (Phi) is 29.0. The largest absolute Gasteiger partial charge is 0.453 e. The molecule has 25 rings (SSSR count). The lowest BCUT2D eigenvalue weighted by molar-refractivity contribution is 0.610. The van der Waals surface area contributed by atoms with E-state index in [1.54, 1.807) is 107 Å². The number of hydrogen-bond acceptors (Lipinski definition) is 28. The molecule has 0 radical (unpaired) electrons. The fourth-order valence-electron chi connectivity index (χ4n) is 15.7. The van der Waals surface area contributed by atoms with Gasteiger partial charge in [-0.05, 0) is 267 Å². The van der Waals surface area contributed by atoms with Crippen molar-refractivity contribution in [3.63, 3.8) is 0 Å². The number of para-hydroxylation sites is 6. The minimum absolute atomic E-state index is 0.0248. The maximum atomic E-state index is 12.3. The number of aryl methyl sites for hydroxylation is 1. The third kappa shape index (κ3) is 21.7. The Morgan fingerprint density at radius 3 is 1.42 bits per heavy atom. The van der Waals surface area contributed by atoms with Crippen LogP contribution in [0.2, 0.25) is 0 Å². The molecular weight excluding hydrogens is 1940 g/mol. The number of anilines is 5. The Balaban J connectivity index is 0.000000107. The monoisotopic (exact) mass is 2020 g/mol. The molecule has 25 nitrogen and oxygen atoms in total. The molecule has 16 aliphatic rings. The Morgan fingerprint density at radius 2 is 0.873 bits per heavy atom. The van der Waals surface area contributed by atoms with E-state index in [2.05, 4.69) is 182 Å². The molecular formula is C111H90BrN19O6S5. The second-order valence-electron chi connectivity index (χ2n) is 32.5. The maximum Gasteiger partial charge on any atom is 0.229 e. The number of benzene rings is 17. The van der Waals surface area contributed by atoms with Gasteiger partial charge in [0.15, 0.2) is 28.1 Å². The quantitative estimate of drug-likeness (QED) is 0.0403. The number of nitrogen functional groups attached to an aromatic ring is 3. The van der Waals surface area contributed by atoms with Crippen molar-refractivity contribution < 1.29 is 8.83 Å². The van der Waals surface area contributed by atoms with Gasteiger partial charge in [-0.2, -0.15) is 0 Å². The molecule has 9 aromatic rings. The first-order chi connectivity index (χ1) is 69.0. The van der Waals surface area contributed by atoms with Crippen LogP contribution in [-0.2, 0) is 6.54 Å². The lowest BCUT2D eigenvalue weighted by atomic mass is 10.0. The molecule has 0 atom stereocenters. The van der Waals surface area contributed by atoms with Gasteiger partial charge in [-0.25, -0.2) is 34.9 Å². The second kappa shape index (κ2) is 42.9. The van der Waals surface area contributed by atoms with Crippen LogP contribution in [0, 0.1) is 5.41 Å². The smallest absolute Gasteiger partial charge is 0.229 e. The summed E-state index contributed by atoms with van der Waals surface area (Å²) in [5.74, 6) is 0.885. The van der Waals surface area contributed by atoms with Crippen molar-refractivity contribution in [1.82, 2.24) is 44.4 Å². The Morgan fingerprint density at radius 1 is 0.423 bits per heavy atom. The van der Waals surface area contributed by atoms with Crippen LogP contribution in [-0.4, -0.2) is 92.8 Å². The highest BCUT2D eigenvalue weighted by molar-refractivity contribution is 9.10. The lowest BCUT2D eigenvalue weighted by Gasteiger charge is -2.16. The zero-order chi connectivity index (χ0) is 98.8. The minimum Gasteiger partial charge on any atom is -0.453 e. The summed E-state index contributed by atoms with van der Waals surface area (Å²) in [6.07, 6.45) is 0. The number of aromatic nitrogens is 9. The van der Waals surface area contributed by atoms with Gasteiger partial charge in [0.25, 0.3) is 0 Å². The van der Waals surface area contributed by atoms with Gasteiger partial charge in [0, 0.05) is 112 Å². The van der Waals surface area contributed by atoms with Crippen molar-refractivity contribution in [1.29, 1.82) is 5.41 Å². The second-order valence-corrected chi connectivity index (χ2v) is 38.7. The summed E-state index contributed by atoms with van der Waals surface area (Å²) >= 11 is 11.9. The van der Waals surface area contributed by atoms with Gasteiger partial charge < -0.3 is 51.2 Å². The van der Waals surface area contributed by atoms with Crippen LogP contribution in [0.15, 0.2) is 362 Å². The van der Waals surface area contributed by atoms with E-state index in [-0.39, 0.29) is 10.9 Å². The van der Waals surface area contributed by atoms with Crippen LogP contribution in [0.4, 0.5) is 28.4 Å². The molecule has 9 N–H and O–H groups in total.